The molecule has 0 saturated carbocycles. The molecule has 0 fully saturated rings. The van der Waals surface area contributed by atoms with E-state index in [1.54, 1.807) is 48.2 Å². The lowest BCUT2D eigenvalue weighted by Gasteiger charge is -2.11. The summed E-state index contributed by atoms with van der Waals surface area (Å²) in [4.78, 5) is 5.90. The highest BCUT2D eigenvalue weighted by Gasteiger charge is 2.06. The van der Waals surface area contributed by atoms with Crippen LogP contribution in [0.1, 0.15) is 18.9 Å². The van der Waals surface area contributed by atoms with Crippen LogP contribution in [-0.2, 0) is 16.4 Å². The molecule has 152 valence electrons. The summed E-state index contributed by atoms with van der Waals surface area (Å²) in [5, 5.41) is 6.49. The smallest absolute Gasteiger partial charge is 0.191 e. The number of guanidine groups is 1. The van der Waals surface area contributed by atoms with Crippen LogP contribution < -0.4 is 10.6 Å². The molecule has 0 bridgehead atoms. The molecule has 2 aromatic carbocycles. The minimum atomic E-state index is -3.18. The minimum absolute atomic E-state index is 0.219. The lowest BCUT2D eigenvalue weighted by Crippen LogP contribution is -2.37. The van der Waals surface area contributed by atoms with Gasteiger partial charge < -0.3 is 10.6 Å². The van der Waals surface area contributed by atoms with Crippen LogP contribution in [0.4, 0.5) is 4.39 Å². The summed E-state index contributed by atoms with van der Waals surface area (Å²) in [6.07, 6.45) is 2.14. The number of benzene rings is 2. The second-order valence-electron chi connectivity index (χ2n) is 6.19. The zero-order valence-corrected chi connectivity index (χ0v) is 17.7. The van der Waals surface area contributed by atoms with Crippen LogP contribution in [-0.4, -0.2) is 39.5 Å². The second-order valence-corrected chi connectivity index (χ2v) is 9.38. The second kappa shape index (κ2) is 11.1. The van der Waals surface area contributed by atoms with Crippen molar-refractivity contribution >= 4 is 27.6 Å². The molecular formula is C20H26FN3O2S2. The maximum absolute atomic E-state index is 12.9. The fraction of sp³-hybridized carbons (Fsp3) is 0.350. The maximum Gasteiger partial charge on any atom is 0.191 e. The molecule has 2 rings (SSSR count). The normalized spacial score (nSPS) is 12.0. The van der Waals surface area contributed by atoms with Crippen molar-refractivity contribution in [3.63, 3.8) is 0 Å². The van der Waals surface area contributed by atoms with Crippen molar-refractivity contribution in [3.8, 4) is 0 Å². The van der Waals surface area contributed by atoms with Gasteiger partial charge in [0, 0.05) is 24.2 Å². The van der Waals surface area contributed by atoms with E-state index in [0.29, 0.717) is 11.4 Å². The Hall–Kier alpha value is -2.06. The Balaban J connectivity index is 1.79. The standard InChI is InChI=1S/C20H26FN3O2S2/c1-3-22-20(23-13-4-14-27-18-9-7-17(21)8-10-18)24-15-16-5-11-19(12-6-16)28(2,25)26/h5-12H,3-4,13-15H2,1-2H3,(H2,22,23,24). The highest BCUT2D eigenvalue weighted by molar-refractivity contribution is 7.99. The van der Waals surface area contributed by atoms with Crippen molar-refractivity contribution in [2.45, 2.75) is 29.7 Å². The number of rotatable bonds is 9. The summed E-state index contributed by atoms with van der Waals surface area (Å²) in [6, 6.07) is 13.3. The molecule has 0 aliphatic carbocycles. The number of nitrogens with one attached hydrogen (secondary N) is 2. The molecule has 28 heavy (non-hydrogen) atoms. The Bertz CT molecular complexity index is 867. The molecule has 2 aromatic rings. The highest BCUT2D eigenvalue weighted by atomic mass is 32.2. The predicted molar refractivity (Wildman–Crippen MR) is 114 cm³/mol. The van der Waals surface area contributed by atoms with E-state index in [1.807, 2.05) is 6.92 Å². The first-order chi connectivity index (χ1) is 13.4. The molecule has 0 radical (unpaired) electrons. The van der Waals surface area contributed by atoms with Crippen molar-refractivity contribution in [2.75, 3.05) is 25.1 Å². The van der Waals surface area contributed by atoms with Gasteiger partial charge in [-0.25, -0.2) is 17.8 Å². The quantitative estimate of drug-likeness (QED) is 0.280. The Kier molecular flexibility index (Phi) is 8.79. The molecule has 0 aliphatic heterocycles. The van der Waals surface area contributed by atoms with Crippen molar-refractivity contribution < 1.29 is 12.8 Å². The van der Waals surface area contributed by atoms with E-state index in [4.69, 9.17) is 0 Å². The van der Waals surface area contributed by atoms with E-state index in [1.165, 1.54) is 18.4 Å². The number of nitrogens with zero attached hydrogens (tertiary/aromatic N) is 1. The third kappa shape index (κ3) is 7.90. The number of aliphatic imine (C=N–C) groups is 1. The van der Waals surface area contributed by atoms with Gasteiger partial charge in [-0.05, 0) is 61.1 Å². The first-order valence-electron chi connectivity index (χ1n) is 9.08. The molecule has 0 aliphatic rings. The van der Waals surface area contributed by atoms with Crippen LogP contribution in [0.15, 0.2) is 63.3 Å². The Morgan fingerprint density at radius 3 is 2.36 bits per heavy atom. The van der Waals surface area contributed by atoms with Crippen molar-refractivity contribution in [3.05, 3.63) is 59.9 Å². The van der Waals surface area contributed by atoms with Crippen molar-refractivity contribution in [1.82, 2.24) is 10.6 Å². The van der Waals surface area contributed by atoms with E-state index in [2.05, 4.69) is 15.6 Å². The van der Waals surface area contributed by atoms with Gasteiger partial charge in [0.05, 0.1) is 11.4 Å². The first kappa shape index (κ1) is 22.2. The van der Waals surface area contributed by atoms with Gasteiger partial charge in [0.25, 0.3) is 0 Å². The van der Waals surface area contributed by atoms with Crippen LogP contribution in [0.2, 0.25) is 0 Å². The van der Waals surface area contributed by atoms with Crippen LogP contribution in [0, 0.1) is 5.82 Å². The molecule has 0 saturated heterocycles. The molecule has 0 aromatic heterocycles. The summed E-state index contributed by atoms with van der Waals surface area (Å²) in [7, 11) is -3.18. The predicted octanol–water partition coefficient (Wildman–Crippen LogP) is 3.47. The average molecular weight is 424 g/mol. The third-order valence-corrected chi connectivity index (χ3v) is 6.04. The summed E-state index contributed by atoms with van der Waals surface area (Å²) >= 11 is 1.69. The zero-order chi connectivity index (χ0) is 20.4. The largest absolute Gasteiger partial charge is 0.357 e. The van der Waals surface area contributed by atoms with Gasteiger partial charge >= 0.3 is 0 Å². The van der Waals surface area contributed by atoms with Gasteiger partial charge in [-0.3, -0.25) is 0 Å². The van der Waals surface area contributed by atoms with Crippen LogP contribution in [0.3, 0.4) is 0 Å². The van der Waals surface area contributed by atoms with Gasteiger partial charge in [0.2, 0.25) is 0 Å². The summed E-state index contributed by atoms with van der Waals surface area (Å²) in [5.41, 5.74) is 0.941. The van der Waals surface area contributed by atoms with Gasteiger partial charge in [-0.1, -0.05) is 12.1 Å². The molecule has 5 nitrogen and oxygen atoms in total. The first-order valence-corrected chi connectivity index (χ1v) is 12.0. The molecule has 0 atom stereocenters. The molecule has 0 unspecified atom stereocenters. The SMILES string of the molecule is CCNC(=NCc1ccc(S(C)(=O)=O)cc1)NCCCSc1ccc(F)cc1. The van der Waals surface area contributed by atoms with E-state index >= 15 is 0 Å². The highest BCUT2D eigenvalue weighted by Crippen LogP contribution is 2.18. The number of halogens is 1. The Morgan fingerprint density at radius 2 is 1.75 bits per heavy atom. The van der Waals surface area contributed by atoms with Crippen LogP contribution in [0.5, 0.6) is 0 Å². The molecular weight excluding hydrogens is 397 g/mol. The van der Waals surface area contributed by atoms with Crippen molar-refractivity contribution in [2.24, 2.45) is 4.99 Å². The Labute approximate surface area is 170 Å². The zero-order valence-electron chi connectivity index (χ0n) is 16.1. The van der Waals surface area contributed by atoms with Gasteiger partial charge in [0.15, 0.2) is 15.8 Å². The molecule has 0 heterocycles. The van der Waals surface area contributed by atoms with E-state index in [0.717, 1.165) is 41.7 Å². The van der Waals surface area contributed by atoms with E-state index in [9.17, 15) is 12.8 Å². The summed E-state index contributed by atoms with van der Waals surface area (Å²) in [5.74, 6) is 1.43. The molecule has 0 amide bonds. The van der Waals surface area contributed by atoms with E-state index < -0.39 is 9.84 Å². The van der Waals surface area contributed by atoms with Crippen LogP contribution >= 0.6 is 11.8 Å². The van der Waals surface area contributed by atoms with Gasteiger partial charge in [-0.15, -0.1) is 11.8 Å². The summed E-state index contributed by atoms with van der Waals surface area (Å²) < 4.78 is 35.9. The third-order valence-electron chi connectivity index (χ3n) is 3.81. The number of hydrogen-bond donors (Lipinski definition) is 2. The Morgan fingerprint density at radius 1 is 1.07 bits per heavy atom. The number of hydrogen-bond acceptors (Lipinski definition) is 4. The van der Waals surface area contributed by atoms with Gasteiger partial charge in [0.1, 0.15) is 5.82 Å². The average Bonchev–Trinajstić information content (AvgIpc) is 2.67. The summed E-state index contributed by atoms with van der Waals surface area (Å²) in [6.45, 7) is 3.99. The van der Waals surface area contributed by atoms with Crippen molar-refractivity contribution in [1.29, 1.82) is 0 Å². The lowest BCUT2D eigenvalue weighted by molar-refractivity contribution is 0.602. The molecule has 0 spiro atoms. The topological polar surface area (TPSA) is 70.6 Å². The monoisotopic (exact) mass is 423 g/mol. The minimum Gasteiger partial charge on any atom is -0.357 e. The van der Waals surface area contributed by atoms with E-state index in [-0.39, 0.29) is 5.82 Å². The van der Waals surface area contributed by atoms with Gasteiger partial charge in [-0.2, -0.15) is 0 Å². The fourth-order valence-electron chi connectivity index (χ4n) is 2.35. The number of sulfone groups is 1. The number of thioether (sulfide) groups is 1. The lowest BCUT2D eigenvalue weighted by atomic mass is 10.2. The molecule has 2 N–H and O–H groups in total. The molecule has 8 heteroatoms. The van der Waals surface area contributed by atoms with Crippen LogP contribution in [0.25, 0.3) is 0 Å². The fourth-order valence-corrected chi connectivity index (χ4v) is 3.84. The maximum atomic E-state index is 12.9.